The standard InChI is InChI=1S/C14H17BrF3N/c1-10-2-3-13(15)8-11(10)9-19-6-4-12(5-7-19)14(16,17)18/h2-3,8,12H,4-7,9H2,1H3. The van der Waals surface area contributed by atoms with Gasteiger partial charge in [-0.2, -0.15) is 13.2 Å². The van der Waals surface area contributed by atoms with E-state index in [1.54, 1.807) is 0 Å². The van der Waals surface area contributed by atoms with Gasteiger partial charge >= 0.3 is 6.18 Å². The minimum Gasteiger partial charge on any atom is -0.299 e. The van der Waals surface area contributed by atoms with Crippen molar-refractivity contribution in [3.63, 3.8) is 0 Å². The van der Waals surface area contributed by atoms with Crippen LogP contribution in [0.5, 0.6) is 0 Å². The van der Waals surface area contributed by atoms with Gasteiger partial charge in [-0.1, -0.05) is 22.0 Å². The fraction of sp³-hybridized carbons (Fsp3) is 0.571. The zero-order valence-electron chi connectivity index (χ0n) is 10.8. The van der Waals surface area contributed by atoms with Gasteiger partial charge in [0.15, 0.2) is 0 Å². The zero-order valence-corrected chi connectivity index (χ0v) is 12.4. The number of likely N-dealkylation sites (tertiary alicyclic amines) is 1. The lowest BCUT2D eigenvalue weighted by molar-refractivity contribution is -0.185. The maximum Gasteiger partial charge on any atom is 0.391 e. The van der Waals surface area contributed by atoms with Crippen molar-refractivity contribution in [3.05, 3.63) is 33.8 Å². The second-order valence-electron chi connectivity index (χ2n) is 5.16. The molecule has 0 atom stereocenters. The van der Waals surface area contributed by atoms with Gasteiger partial charge in [0.2, 0.25) is 0 Å². The molecule has 0 N–H and O–H groups in total. The van der Waals surface area contributed by atoms with E-state index in [1.807, 2.05) is 25.1 Å². The molecule has 5 heteroatoms. The van der Waals surface area contributed by atoms with Gasteiger partial charge in [-0.25, -0.2) is 0 Å². The largest absolute Gasteiger partial charge is 0.391 e. The average molecular weight is 336 g/mol. The van der Waals surface area contributed by atoms with E-state index in [0.29, 0.717) is 13.1 Å². The molecule has 2 rings (SSSR count). The fourth-order valence-electron chi connectivity index (χ4n) is 2.47. The summed E-state index contributed by atoms with van der Waals surface area (Å²) in [6.07, 6.45) is -3.59. The van der Waals surface area contributed by atoms with E-state index in [-0.39, 0.29) is 12.8 Å². The summed E-state index contributed by atoms with van der Waals surface area (Å²) in [6.45, 7) is 3.81. The van der Waals surface area contributed by atoms with Crippen LogP contribution in [0.1, 0.15) is 24.0 Å². The van der Waals surface area contributed by atoms with Crippen LogP contribution in [0.2, 0.25) is 0 Å². The van der Waals surface area contributed by atoms with E-state index in [4.69, 9.17) is 0 Å². The highest BCUT2D eigenvalue weighted by Crippen LogP contribution is 2.34. The predicted molar refractivity (Wildman–Crippen MR) is 72.9 cm³/mol. The first-order valence-corrected chi connectivity index (χ1v) is 7.19. The van der Waals surface area contributed by atoms with Gasteiger partial charge in [-0.15, -0.1) is 0 Å². The van der Waals surface area contributed by atoms with Crippen molar-refractivity contribution in [1.82, 2.24) is 4.90 Å². The molecule has 0 aromatic heterocycles. The summed E-state index contributed by atoms with van der Waals surface area (Å²) in [4.78, 5) is 2.11. The molecule has 1 aromatic rings. The lowest BCUT2D eigenvalue weighted by Gasteiger charge is -2.33. The summed E-state index contributed by atoms with van der Waals surface area (Å²) in [6, 6.07) is 6.06. The Labute approximate surface area is 119 Å². The first-order chi connectivity index (χ1) is 8.86. The van der Waals surface area contributed by atoms with Crippen LogP contribution in [0, 0.1) is 12.8 Å². The number of hydrogen-bond acceptors (Lipinski definition) is 1. The van der Waals surface area contributed by atoms with Crippen molar-refractivity contribution in [2.75, 3.05) is 13.1 Å². The predicted octanol–water partition coefficient (Wildman–Crippen LogP) is 4.53. The van der Waals surface area contributed by atoms with E-state index in [2.05, 4.69) is 20.8 Å². The van der Waals surface area contributed by atoms with Gasteiger partial charge < -0.3 is 0 Å². The second kappa shape index (κ2) is 5.83. The van der Waals surface area contributed by atoms with Gasteiger partial charge in [-0.05, 0) is 56.1 Å². The molecule has 0 bridgehead atoms. The smallest absolute Gasteiger partial charge is 0.299 e. The number of hydrogen-bond donors (Lipinski definition) is 0. The number of nitrogens with zero attached hydrogens (tertiary/aromatic N) is 1. The number of rotatable bonds is 2. The van der Waals surface area contributed by atoms with Gasteiger partial charge in [0.25, 0.3) is 0 Å². The first kappa shape index (κ1) is 14.9. The molecule has 0 aliphatic carbocycles. The molecule has 0 saturated carbocycles. The van der Waals surface area contributed by atoms with Crippen molar-refractivity contribution in [1.29, 1.82) is 0 Å². The number of halogens is 4. The molecule has 1 nitrogen and oxygen atoms in total. The quantitative estimate of drug-likeness (QED) is 0.767. The van der Waals surface area contributed by atoms with Crippen molar-refractivity contribution in [3.8, 4) is 0 Å². The van der Waals surface area contributed by atoms with Crippen LogP contribution in [-0.4, -0.2) is 24.2 Å². The summed E-state index contributed by atoms with van der Waals surface area (Å²) >= 11 is 3.43. The van der Waals surface area contributed by atoms with Crippen molar-refractivity contribution < 1.29 is 13.2 Å². The molecular weight excluding hydrogens is 319 g/mol. The minimum atomic E-state index is -4.03. The number of benzene rings is 1. The van der Waals surface area contributed by atoms with Gasteiger partial charge in [0, 0.05) is 11.0 Å². The van der Waals surface area contributed by atoms with Crippen LogP contribution in [0.4, 0.5) is 13.2 Å². The highest BCUT2D eigenvalue weighted by Gasteiger charge is 2.40. The molecule has 1 aromatic carbocycles. The molecule has 1 saturated heterocycles. The summed E-state index contributed by atoms with van der Waals surface area (Å²) < 4.78 is 38.8. The Balaban J connectivity index is 1.94. The SMILES string of the molecule is Cc1ccc(Br)cc1CN1CCC(C(F)(F)F)CC1. The van der Waals surface area contributed by atoms with E-state index in [0.717, 1.165) is 11.0 Å². The maximum atomic E-state index is 12.6. The molecular formula is C14H17BrF3N. The lowest BCUT2D eigenvalue weighted by Crippen LogP contribution is -2.38. The molecule has 0 unspecified atom stereocenters. The minimum absolute atomic E-state index is 0.219. The van der Waals surface area contributed by atoms with Crippen molar-refractivity contribution in [2.24, 2.45) is 5.92 Å². The third kappa shape index (κ3) is 3.96. The van der Waals surface area contributed by atoms with Gasteiger partial charge in [0.1, 0.15) is 0 Å². The second-order valence-corrected chi connectivity index (χ2v) is 6.08. The molecule has 106 valence electrons. The third-order valence-corrected chi connectivity index (χ3v) is 4.25. The van der Waals surface area contributed by atoms with E-state index >= 15 is 0 Å². The summed E-state index contributed by atoms with van der Waals surface area (Å²) in [5.41, 5.74) is 2.36. The van der Waals surface area contributed by atoms with Gasteiger partial charge in [-0.3, -0.25) is 4.90 Å². The van der Waals surface area contributed by atoms with E-state index in [1.165, 1.54) is 11.1 Å². The highest BCUT2D eigenvalue weighted by molar-refractivity contribution is 9.10. The Kier molecular flexibility index (Phi) is 4.56. The normalized spacial score (nSPS) is 18.8. The third-order valence-electron chi connectivity index (χ3n) is 3.76. The number of aryl methyl sites for hydroxylation is 1. The van der Waals surface area contributed by atoms with Crippen LogP contribution < -0.4 is 0 Å². The van der Waals surface area contributed by atoms with E-state index < -0.39 is 12.1 Å². The molecule has 1 aliphatic heterocycles. The summed E-state index contributed by atoms with van der Waals surface area (Å²) in [7, 11) is 0. The van der Waals surface area contributed by atoms with Crippen molar-refractivity contribution >= 4 is 15.9 Å². The van der Waals surface area contributed by atoms with Gasteiger partial charge in [0.05, 0.1) is 5.92 Å². The molecule has 1 heterocycles. The molecule has 0 radical (unpaired) electrons. The Hall–Kier alpha value is -0.550. The molecule has 0 spiro atoms. The summed E-state index contributed by atoms with van der Waals surface area (Å²) in [5, 5.41) is 0. The Morgan fingerprint density at radius 3 is 2.47 bits per heavy atom. The van der Waals surface area contributed by atoms with Crippen LogP contribution >= 0.6 is 15.9 Å². The highest BCUT2D eigenvalue weighted by atomic mass is 79.9. The Morgan fingerprint density at radius 2 is 1.89 bits per heavy atom. The van der Waals surface area contributed by atoms with Crippen LogP contribution in [0.25, 0.3) is 0 Å². The first-order valence-electron chi connectivity index (χ1n) is 6.40. The van der Waals surface area contributed by atoms with Crippen LogP contribution in [0.15, 0.2) is 22.7 Å². The molecule has 0 amide bonds. The lowest BCUT2D eigenvalue weighted by atomic mass is 9.95. The Morgan fingerprint density at radius 1 is 1.26 bits per heavy atom. The Bertz CT molecular complexity index is 437. The topological polar surface area (TPSA) is 3.24 Å². The van der Waals surface area contributed by atoms with E-state index in [9.17, 15) is 13.2 Å². The van der Waals surface area contributed by atoms with Crippen LogP contribution in [0.3, 0.4) is 0 Å². The molecule has 1 fully saturated rings. The fourth-order valence-corrected chi connectivity index (χ4v) is 2.88. The number of piperidine rings is 1. The summed E-state index contributed by atoms with van der Waals surface area (Å²) in [5.74, 6) is -1.12. The number of alkyl halides is 3. The molecule has 19 heavy (non-hydrogen) atoms. The average Bonchev–Trinajstić information content (AvgIpc) is 2.33. The zero-order chi connectivity index (χ0) is 14.0. The van der Waals surface area contributed by atoms with Crippen LogP contribution in [-0.2, 0) is 6.54 Å². The molecule has 1 aliphatic rings. The monoisotopic (exact) mass is 335 g/mol. The maximum absolute atomic E-state index is 12.6. The van der Waals surface area contributed by atoms with Crippen molar-refractivity contribution in [2.45, 2.75) is 32.5 Å².